The van der Waals surface area contributed by atoms with Crippen molar-refractivity contribution in [1.82, 2.24) is 15.0 Å². The van der Waals surface area contributed by atoms with Crippen LogP contribution in [0.25, 0.3) is 5.70 Å². The highest BCUT2D eigenvalue weighted by molar-refractivity contribution is 8.13. The fraction of sp³-hybridized carbons (Fsp3) is 0.556. The first-order valence-corrected chi connectivity index (χ1v) is 10.6. The first-order valence-electron chi connectivity index (χ1n) is 9.33. The van der Waals surface area contributed by atoms with E-state index < -0.39 is 0 Å². The summed E-state index contributed by atoms with van der Waals surface area (Å²) in [7, 11) is 1.70. The van der Waals surface area contributed by atoms with E-state index in [0.717, 1.165) is 24.3 Å². The van der Waals surface area contributed by atoms with Crippen LogP contribution in [0.4, 0.5) is 0 Å². The Morgan fingerprint density at radius 3 is 2.50 bits per heavy atom. The first kappa shape index (κ1) is 22.1. The highest BCUT2D eigenvalue weighted by Gasteiger charge is 2.18. The largest absolute Gasteiger partial charge is 0.489 e. The Bertz CT molecular complexity index is 716. The maximum absolute atomic E-state index is 6.37. The number of hydrogen-bond acceptors (Lipinski definition) is 9. The third kappa shape index (κ3) is 5.66. The maximum atomic E-state index is 6.37. The second-order valence-electron chi connectivity index (χ2n) is 6.87. The van der Waals surface area contributed by atoms with Gasteiger partial charge in [-0.25, -0.2) is 16.7 Å². The molecule has 1 saturated carbocycles. The van der Waals surface area contributed by atoms with Gasteiger partial charge in [0.2, 0.25) is 0 Å². The van der Waals surface area contributed by atoms with Crippen molar-refractivity contribution in [2.45, 2.75) is 45.1 Å². The third-order valence-corrected chi connectivity index (χ3v) is 5.46. The lowest BCUT2D eigenvalue weighted by atomic mass is 9.98. The zero-order valence-corrected chi connectivity index (χ0v) is 17.7. The fourth-order valence-electron chi connectivity index (χ4n) is 3.19. The predicted octanol–water partition coefficient (Wildman–Crippen LogP) is 1.30. The van der Waals surface area contributed by atoms with Gasteiger partial charge >= 0.3 is 0 Å². The number of nitrogens with zero attached hydrogens (tertiary/aromatic N) is 4. The van der Waals surface area contributed by atoms with E-state index in [2.05, 4.69) is 10.1 Å². The van der Waals surface area contributed by atoms with E-state index >= 15 is 0 Å². The molecule has 2 rings (SSSR count). The van der Waals surface area contributed by atoms with Crippen LogP contribution >= 0.6 is 11.8 Å². The number of ether oxygens (including phenoxy) is 1. The molecule has 0 saturated heterocycles. The predicted molar refractivity (Wildman–Crippen MR) is 116 cm³/mol. The Morgan fingerprint density at radius 2 is 1.96 bits per heavy atom. The molecular formula is C18H32N8OS. The quantitative estimate of drug-likeness (QED) is 0.237. The zero-order valence-electron chi connectivity index (χ0n) is 16.9. The number of rotatable bonds is 6. The topological polar surface area (TPSA) is 145 Å². The highest BCUT2D eigenvalue weighted by Crippen LogP contribution is 2.26. The van der Waals surface area contributed by atoms with Gasteiger partial charge in [0.25, 0.3) is 0 Å². The van der Waals surface area contributed by atoms with Gasteiger partial charge in [0, 0.05) is 7.05 Å². The summed E-state index contributed by atoms with van der Waals surface area (Å²) in [4.78, 5) is 4.62. The summed E-state index contributed by atoms with van der Waals surface area (Å²) in [6, 6.07) is 3.76. The second kappa shape index (κ2) is 10.4. The second-order valence-corrected chi connectivity index (χ2v) is 7.65. The monoisotopic (exact) mass is 408 g/mol. The number of aromatic nitrogens is 1. The fourth-order valence-corrected chi connectivity index (χ4v) is 3.60. The molecule has 1 fully saturated rings. The van der Waals surface area contributed by atoms with Crippen LogP contribution in [-0.4, -0.2) is 46.1 Å². The Balaban J connectivity index is 2.23. The molecule has 0 atom stereocenters. The molecule has 8 N–H and O–H groups in total. The Kier molecular flexibility index (Phi) is 8.21. The lowest BCUT2D eigenvalue weighted by Crippen LogP contribution is -2.42. The molecule has 0 aromatic carbocycles. The molecule has 9 nitrogen and oxygen atoms in total. The van der Waals surface area contributed by atoms with Gasteiger partial charge in [0.15, 0.2) is 5.17 Å². The molecule has 0 bridgehead atoms. The van der Waals surface area contributed by atoms with E-state index in [1.807, 2.05) is 25.3 Å². The van der Waals surface area contributed by atoms with Crippen molar-refractivity contribution in [1.29, 1.82) is 0 Å². The number of likely N-dealkylation sites (N-methyl/N-ethyl adjacent to an activating group) is 1. The molecule has 10 heteroatoms. The SMILES string of the molecule is CS/C(=N/N)N(N)C/C(=C(/N)c1ccc(OC2CCCCC2)c(C)n1)N(C)N. The highest BCUT2D eigenvalue weighted by atomic mass is 32.2. The van der Waals surface area contributed by atoms with Crippen molar-refractivity contribution < 1.29 is 4.74 Å². The molecule has 1 aromatic rings. The number of hydrogen-bond donors (Lipinski definition) is 4. The minimum absolute atomic E-state index is 0.233. The Labute approximate surface area is 171 Å². The molecule has 0 unspecified atom stereocenters. The molecule has 1 aliphatic rings. The van der Waals surface area contributed by atoms with Crippen LogP contribution in [0.2, 0.25) is 0 Å². The number of hydrazone groups is 1. The van der Waals surface area contributed by atoms with Crippen LogP contribution in [0.5, 0.6) is 5.75 Å². The van der Waals surface area contributed by atoms with Crippen LogP contribution in [0.1, 0.15) is 43.5 Å². The lowest BCUT2D eigenvalue weighted by Gasteiger charge is -2.26. The standard InChI is InChI=1S/C18H32N8OS/c1-12-16(27-13-7-5-4-6-8-13)10-9-14(23-12)17(19)15(25(2)21)11-26(22)18(24-20)28-3/h9-10,13H,4-8,11,19-22H2,1-3H3/b17-15-,24-18+. The average molecular weight is 409 g/mol. The van der Waals surface area contributed by atoms with Gasteiger partial charge in [-0.15, -0.1) is 0 Å². The normalized spacial score (nSPS) is 16.5. The molecule has 28 heavy (non-hydrogen) atoms. The summed E-state index contributed by atoms with van der Waals surface area (Å²) in [6.45, 7) is 2.15. The molecule has 1 aliphatic carbocycles. The molecule has 156 valence electrons. The van der Waals surface area contributed by atoms with E-state index in [1.165, 1.54) is 41.0 Å². The van der Waals surface area contributed by atoms with Crippen molar-refractivity contribution in [3.8, 4) is 5.75 Å². The number of amidine groups is 1. The number of hydrazine groups is 2. The van der Waals surface area contributed by atoms with E-state index in [4.69, 9.17) is 28.0 Å². The Hall–Kier alpha value is -2.17. The van der Waals surface area contributed by atoms with Crippen molar-refractivity contribution in [2.24, 2.45) is 28.4 Å². The summed E-state index contributed by atoms with van der Waals surface area (Å²) >= 11 is 1.33. The summed E-state index contributed by atoms with van der Waals surface area (Å²) in [5.41, 5.74) is 8.82. The van der Waals surface area contributed by atoms with Gasteiger partial charge < -0.3 is 21.3 Å². The number of thioether (sulfide) groups is 1. The van der Waals surface area contributed by atoms with Crippen LogP contribution < -0.4 is 28.0 Å². The maximum Gasteiger partial charge on any atom is 0.196 e. The van der Waals surface area contributed by atoms with Crippen molar-refractivity contribution in [2.75, 3.05) is 19.8 Å². The van der Waals surface area contributed by atoms with Crippen LogP contribution in [0.3, 0.4) is 0 Å². The summed E-state index contributed by atoms with van der Waals surface area (Å²) in [5.74, 6) is 18.2. The minimum atomic E-state index is 0.233. The van der Waals surface area contributed by atoms with E-state index in [-0.39, 0.29) is 12.6 Å². The lowest BCUT2D eigenvalue weighted by molar-refractivity contribution is 0.153. The van der Waals surface area contributed by atoms with Gasteiger partial charge in [0.1, 0.15) is 5.75 Å². The summed E-state index contributed by atoms with van der Waals surface area (Å²) in [5, 5.41) is 6.94. The number of aryl methyl sites for hydroxylation is 1. The van der Waals surface area contributed by atoms with E-state index in [1.54, 1.807) is 7.05 Å². The molecule has 1 aromatic heterocycles. The summed E-state index contributed by atoms with van der Waals surface area (Å²) < 4.78 is 6.14. The molecule has 0 aliphatic heterocycles. The Morgan fingerprint density at radius 1 is 1.29 bits per heavy atom. The smallest absolute Gasteiger partial charge is 0.196 e. The van der Waals surface area contributed by atoms with Gasteiger partial charge in [-0.3, -0.25) is 5.01 Å². The number of nitrogens with two attached hydrogens (primary N) is 4. The molecule has 0 spiro atoms. The van der Waals surface area contributed by atoms with E-state index in [0.29, 0.717) is 22.3 Å². The minimum Gasteiger partial charge on any atom is -0.489 e. The third-order valence-electron chi connectivity index (χ3n) is 4.75. The van der Waals surface area contributed by atoms with Gasteiger partial charge in [-0.1, -0.05) is 18.2 Å². The van der Waals surface area contributed by atoms with Crippen molar-refractivity contribution in [3.63, 3.8) is 0 Å². The van der Waals surface area contributed by atoms with Crippen molar-refractivity contribution >= 4 is 22.6 Å². The average Bonchev–Trinajstić information content (AvgIpc) is 2.68. The molecule has 1 heterocycles. The van der Waals surface area contributed by atoms with Crippen molar-refractivity contribution in [3.05, 3.63) is 29.2 Å². The van der Waals surface area contributed by atoms with Crippen LogP contribution in [-0.2, 0) is 0 Å². The van der Waals surface area contributed by atoms with Gasteiger partial charge in [-0.05, 0) is 51.0 Å². The molecule has 0 radical (unpaired) electrons. The van der Waals surface area contributed by atoms with Crippen LogP contribution in [0, 0.1) is 6.92 Å². The molecular weight excluding hydrogens is 376 g/mol. The first-order chi connectivity index (χ1) is 13.4. The van der Waals surface area contributed by atoms with Gasteiger partial charge in [-0.2, -0.15) is 5.10 Å². The molecule has 0 amide bonds. The summed E-state index contributed by atoms with van der Waals surface area (Å²) in [6.07, 6.45) is 8.02. The number of pyridine rings is 1. The van der Waals surface area contributed by atoms with Gasteiger partial charge in [0.05, 0.1) is 35.4 Å². The zero-order chi connectivity index (χ0) is 20.7. The van der Waals surface area contributed by atoms with E-state index in [9.17, 15) is 0 Å². The van der Waals surface area contributed by atoms with Crippen LogP contribution in [0.15, 0.2) is 22.9 Å².